The molecular formula is C35H37F2N3O4S. The number of carbonyl (C=O) groups is 2. The minimum Gasteiger partial charge on any atom is -0.354 e. The van der Waals surface area contributed by atoms with E-state index in [-0.39, 0.29) is 35.0 Å². The van der Waals surface area contributed by atoms with Crippen LogP contribution in [0.15, 0.2) is 108 Å². The molecule has 4 aromatic carbocycles. The number of nitrogens with zero attached hydrogens (tertiary/aromatic N) is 2. The molecule has 0 spiro atoms. The average molecular weight is 634 g/mol. The van der Waals surface area contributed by atoms with Gasteiger partial charge in [-0.2, -0.15) is 0 Å². The molecule has 0 bridgehead atoms. The van der Waals surface area contributed by atoms with Crippen LogP contribution in [0.3, 0.4) is 0 Å². The van der Waals surface area contributed by atoms with Crippen molar-refractivity contribution in [3.8, 4) is 0 Å². The maximum Gasteiger partial charge on any atom is 0.264 e. The molecule has 1 N–H and O–H groups in total. The second-order valence-electron chi connectivity index (χ2n) is 11.2. The van der Waals surface area contributed by atoms with Crippen LogP contribution in [0.5, 0.6) is 0 Å². The number of para-hydroxylation sites is 1. The van der Waals surface area contributed by atoms with Crippen LogP contribution >= 0.6 is 0 Å². The van der Waals surface area contributed by atoms with Gasteiger partial charge in [0.25, 0.3) is 10.0 Å². The number of nitrogens with one attached hydrogen (secondary N) is 1. The van der Waals surface area contributed by atoms with Gasteiger partial charge in [-0.1, -0.05) is 92.2 Å². The van der Waals surface area contributed by atoms with Crippen LogP contribution in [0.25, 0.3) is 0 Å². The predicted octanol–water partition coefficient (Wildman–Crippen LogP) is 5.88. The highest BCUT2D eigenvalue weighted by atomic mass is 32.2. The second kappa shape index (κ2) is 14.9. The molecule has 0 heterocycles. The first-order valence-corrected chi connectivity index (χ1v) is 16.1. The summed E-state index contributed by atoms with van der Waals surface area (Å²) in [5.74, 6) is -2.61. The Bertz CT molecular complexity index is 1710. The molecule has 1 atom stereocenters. The van der Waals surface area contributed by atoms with E-state index in [1.54, 1.807) is 37.3 Å². The van der Waals surface area contributed by atoms with Gasteiger partial charge in [0.15, 0.2) is 0 Å². The fourth-order valence-electron chi connectivity index (χ4n) is 4.79. The lowest BCUT2D eigenvalue weighted by molar-refractivity contribution is -0.140. The molecule has 1 unspecified atom stereocenters. The van der Waals surface area contributed by atoms with Crippen LogP contribution in [-0.2, 0) is 32.6 Å². The van der Waals surface area contributed by atoms with Gasteiger partial charge in [0.05, 0.1) is 10.6 Å². The standard InChI is InChI=1S/C35H37F2N3O4S/c1-25(2)22-38-35(42)33(21-27-11-5-4-6-12-27)39(23-28-13-7-8-14-30(28)36)34(41)24-40(32-16-10-9-15-31(32)37)45(43,44)29-19-17-26(3)18-20-29/h4-20,25,33H,21-24H2,1-3H3,(H,38,42). The Labute approximate surface area is 263 Å². The molecule has 0 radical (unpaired) electrons. The van der Waals surface area contributed by atoms with Crippen molar-refractivity contribution in [2.75, 3.05) is 17.4 Å². The minimum atomic E-state index is -4.46. The third kappa shape index (κ3) is 8.54. The average Bonchev–Trinajstić information content (AvgIpc) is 3.02. The normalized spacial score (nSPS) is 12.0. The highest BCUT2D eigenvalue weighted by Gasteiger charge is 2.35. The molecule has 0 fully saturated rings. The summed E-state index contributed by atoms with van der Waals surface area (Å²) in [5, 5.41) is 2.88. The van der Waals surface area contributed by atoms with Crippen LogP contribution in [0.4, 0.5) is 14.5 Å². The number of aryl methyl sites for hydroxylation is 1. The summed E-state index contributed by atoms with van der Waals surface area (Å²) >= 11 is 0. The quantitative estimate of drug-likeness (QED) is 0.199. The number of hydrogen-bond acceptors (Lipinski definition) is 4. The third-order valence-electron chi connectivity index (χ3n) is 7.26. The molecule has 4 aromatic rings. The molecule has 10 heteroatoms. The Kier molecular flexibility index (Phi) is 11.1. The van der Waals surface area contributed by atoms with Crippen molar-refractivity contribution in [2.45, 2.75) is 44.7 Å². The minimum absolute atomic E-state index is 0.0787. The molecule has 0 aliphatic heterocycles. The molecule has 0 aliphatic carbocycles. The van der Waals surface area contributed by atoms with Crippen LogP contribution in [-0.4, -0.2) is 44.3 Å². The highest BCUT2D eigenvalue weighted by molar-refractivity contribution is 7.92. The zero-order valence-electron chi connectivity index (χ0n) is 25.5. The van der Waals surface area contributed by atoms with Crippen molar-refractivity contribution in [3.63, 3.8) is 0 Å². The zero-order valence-corrected chi connectivity index (χ0v) is 26.3. The summed E-state index contributed by atoms with van der Waals surface area (Å²) in [6.07, 6.45) is 0.0787. The smallest absolute Gasteiger partial charge is 0.264 e. The Balaban J connectivity index is 1.81. The van der Waals surface area contributed by atoms with Crippen molar-refractivity contribution in [1.82, 2.24) is 10.2 Å². The summed E-state index contributed by atoms with van der Waals surface area (Å²) in [6, 6.07) is 25.0. The third-order valence-corrected chi connectivity index (χ3v) is 9.04. The predicted molar refractivity (Wildman–Crippen MR) is 171 cm³/mol. The lowest BCUT2D eigenvalue weighted by Gasteiger charge is -2.34. The molecule has 7 nitrogen and oxygen atoms in total. The Morgan fingerprint density at radius 3 is 2.02 bits per heavy atom. The van der Waals surface area contributed by atoms with Crippen molar-refractivity contribution < 1.29 is 26.8 Å². The summed E-state index contributed by atoms with van der Waals surface area (Å²) in [7, 11) is -4.46. The summed E-state index contributed by atoms with van der Waals surface area (Å²) in [6.45, 7) is 4.82. The van der Waals surface area contributed by atoms with E-state index in [0.29, 0.717) is 10.8 Å². The van der Waals surface area contributed by atoms with E-state index >= 15 is 4.39 Å². The number of sulfonamides is 1. The van der Waals surface area contributed by atoms with E-state index in [2.05, 4.69) is 5.32 Å². The monoisotopic (exact) mass is 633 g/mol. The van der Waals surface area contributed by atoms with Gasteiger partial charge < -0.3 is 10.2 Å². The molecule has 0 aliphatic rings. The van der Waals surface area contributed by atoms with E-state index in [1.807, 2.05) is 32.0 Å². The van der Waals surface area contributed by atoms with Crippen molar-refractivity contribution in [2.24, 2.45) is 5.92 Å². The summed E-state index contributed by atoms with van der Waals surface area (Å²) in [5.41, 5.74) is 1.36. The maximum absolute atomic E-state index is 15.2. The van der Waals surface area contributed by atoms with Gasteiger partial charge in [-0.3, -0.25) is 13.9 Å². The molecule has 4 rings (SSSR count). The number of carbonyl (C=O) groups excluding carboxylic acids is 2. The molecule has 2 amide bonds. The van der Waals surface area contributed by atoms with E-state index in [4.69, 9.17) is 0 Å². The topological polar surface area (TPSA) is 86.8 Å². The van der Waals surface area contributed by atoms with Crippen LogP contribution in [0.1, 0.15) is 30.5 Å². The number of hydrogen-bond donors (Lipinski definition) is 1. The molecule has 0 aromatic heterocycles. The van der Waals surface area contributed by atoms with Gasteiger partial charge in [-0.15, -0.1) is 0 Å². The SMILES string of the molecule is Cc1ccc(S(=O)(=O)N(CC(=O)N(Cc2ccccc2F)C(Cc2ccccc2)C(=O)NCC(C)C)c2ccccc2F)cc1. The van der Waals surface area contributed by atoms with E-state index in [9.17, 15) is 22.4 Å². The molecule has 45 heavy (non-hydrogen) atoms. The fourth-order valence-corrected chi connectivity index (χ4v) is 6.21. The lowest BCUT2D eigenvalue weighted by atomic mass is 10.0. The van der Waals surface area contributed by atoms with Crippen molar-refractivity contribution >= 4 is 27.5 Å². The molecular weight excluding hydrogens is 596 g/mol. The highest BCUT2D eigenvalue weighted by Crippen LogP contribution is 2.27. The number of halogens is 2. The number of amides is 2. The lowest BCUT2D eigenvalue weighted by Crippen LogP contribution is -2.54. The van der Waals surface area contributed by atoms with Gasteiger partial charge in [0.2, 0.25) is 11.8 Å². The van der Waals surface area contributed by atoms with E-state index in [1.165, 1.54) is 53.4 Å². The van der Waals surface area contributed by atoms with Gasteiger partial charge in [-0.25, -0.2) is 17.2 Å². The van der Waals surface area contributed by atoms with E-state index < -0.39 is 46.1 Å². The maximum atomic E-state index is 15.2. The van der Waals surface area contributed by atoms with Crippen LogP contribution in [0.2, 0.25) is 0 Å². The largest absolute Gasteiger partial charge is 0.354 e. The molecule has 0 saturated carbocycles. The summed E-state index contributed by atoms with van der Waals surface area (Å²) < 4.78 is 58.9. The first kappa shape index (κ1) is 33.3. The Morgan fingerprint density at radius 2 is 1.40 bits per heavy atom. The zero-order chi connectivity index (χ0) is 32.6. The van der Waals surface area contributed by atoms with Gasteiger partial charge >= 0.3 is 0 Å². The first-order valence-electron chi connectivity index (χ1n) is 14.7. The van der Waals surface area contributed by atoms with Crippen molar-refractivity contribution in [1.29, 1.82) is 0 Å². The Hall–Kier alpha value is -4.57. The summed E-state index contributed by atoms with van der Waals surface area (Å²) in [4.78, 5) is 29.1. The fraction of sp³-hybridized carbons (Fsp3) is 0.257. The van der Waals surface area contributed by atoms with E-state index in [0.717, 1.165) is 17.2 Å². The van der Waals surface area contributed by atoms with Gasteiger partial charge in [-0.05, 0) is 48.7 Å². The van der Waals surface area contributed by atoms with Crippen LogP contribution < -0.4 is 9.62 Å². The van der Waals surface area contributed by atoms with Gasteiger partial charge in [0, 0.05) is 25.1 Å². The van der Waals surface area contributed by atoms with Crippen LogP contribution in [0, 0.1) is 24.5 Å². The molecule has 236 valence electrons. The van der Waals surface area contributed by atoms with Crippen molar-refractivity contribution in [3.05, 3.63) is 131 Å². The number of anilines is 1. The second-order valence-corrected chi connectivity index (χ2v) is 13.1. The Morgan fingerprint density at radius 1 is 0.800 bits per heavy atom. The van der Waals surface area contributed by atoms with Gasteiger partial charge in [0.1, 0.15) is 24.2 Å². The number of rotatable bonds is 13. The first-order chi connectivity index (χ1) is 21.5. The number of benzene rings is 4. The molecule has 0 saturated heterocycles.